The van der Waals surface area contributed by atoms with Crippen LogP contribution >= 0.6 is 0 Å². The normalized spacial score (nSPS) is 36.0. The van der Waals surface area contributed by atoms with Crippen molar-refractivity contribution in [3.63, 3.8) is 0 Å². The Bertz CT molecular complexity index is 1040. The lowest BCUT2D eigenvalue weighted by Crippen LogP contribution is -2.52. The molecule has 1 aromatic carbocycles. The fraction of sp³-hybridized carbons (Fsp3) is 0.552. The van der Waals surface area contributed by atoms with Gasteiger partial charge in [-0.05, 0) is 91.7 Å². The molecule has 0 radical (unpaired) electrons. The van der Waals surface area contributed by atoms with Crippen LogP contribution in [0, 0.1) is 29.6 Å². The number of carbonyl (C=O) groups excluding carboxylic acids is 1. The Balaban J connectivity index is 1.69. The number of ketones is 1. The Morgan fingerprint density at radius 3 is 2.56 bits per heavy atom. The molecule has 0 saturated heterocycles. The molecule has 0 bridgehead atoms. The van der Waals surface area contributed by atoms with Gasteiger partial charge in [0.05, 0.1) is 0 Å². The fourth-order valence-corrected chi connectivity index (χ4v) is 7.69. The molecule has 3 nitrogen and oxygen atoms in total. The number of anilines is 1. The highest BCUT2D eigenvalue weighted by atomic mass is 16.3. The van der Waals surface area contributed by atoms with Gasteiger partial charge in [-0.15, -0.1) is 6.42 Å². The standard InChI is InChI=1S/C29H35NO2/c1-5-28-18-25(19-7-10-21(11-8-19)30(3)4)27-23-14-12-22(31)17-20(23)9-13-24(27)26(28)15-16-29(28,32)6-2/h2,7-8,10-11,17,24-26,32H,5,9,12-16,18H2,1,3-4H3/t24-,25+,26-,28+,29+/m0/s1. The summed E-state index contributed by atoms with van der Waals surface area (Å²) in [4.78, 5) is 14.3. The van der Waals surface area contributed by atoms with Gasteiger partial charge in [-0.2, -0.15) is 0 Å². The van der Waals surface area contributed by atoms with Crippen LogP contribution in [0.2, 0.25) is 0 Å². The second kappa shape index (κ2) is 7.63. The Morgan fingerprint density at radius 1 is 1.16 bits per heavy atom. The summed E-state index contributed by atoms with van der Waals surface area (Å²) in [5.74, 6) is 4.26. The van der Waals surface area contributed by atoms with E-state index in [0.717, 1.165) is 38.5 Å². The second-order valence-corrected chi connectivity index (χ2v) is 10.6. The van der Waals surface area contributed by atoms with Crippen LogP contribution in [0.25, 0.3) is 0 Å². The molecule has 0 aliphatic heterocycles. The van der Waals surface area contributed by atoms with Gasteiger partial charge in [-0.1, -0.05) is 30.6 Å². The highest BCUT2D eigenvalue weighted by molar-refractivity contribution is 5.93. The van der Waals surface area contributed by atoms with E-state index in [-0.39, 0.29) is 17.1 Å². The summed E-state index contributed by atoms with van der Waals surface area (Å²) in [5.41, 5.74) is 5.52. The van der Waals surface area contributed by atoms with Crippen LogP contribution in [0.15, 0.2) is 47.1 Å². The van der Waals surface area contributed by atoms with E-state index in [1.807, 2.05) is 6.08 Å². The SMILES string of the molecule is C#C[C@@]1(O)CC[C@H]2[C@@H]3CCC4=CC(=O)CCC4=C3[C@@H](c3ccc(N(C)C)cc3)C[C@]21CC. The first kappa shape index (κ1) is 21.5. The Labute approximate surface area is 192 Å². The van der Waals surface area contributed by atoms with Crippen LogP contribution in [0.1, 0.15) is 69.8 Å². The Hall–Kier alpha value is -2.31. The highest BCUT2D eigenvalue weighted by Crippen LogP contribution is 2.67. The average molecular weight is 430 g/mol. The van der Waals surface area contributed by atoms with Gasteiger partial charge in [0.25, 0.3) is 0 Å². The van der Waals surface area contributed by atoms with E-state index in [1.165, 1.54) is 22.4 Å². The molecule has 4 aliphatic rings. The van der Waals surface area contributed by atoms with Crippen molar-refractivity contribution in [2.24, 2.45) is 17.3 Å². The van der Waals surface area contributed by atoms with E-state index < -0.39 is 5.60 Å². The molecule has 32 heavy (non-hydrogen) atoms. The van der Waals surface area contributed by atoms with Crippen LogP contribution < -0.4 is 4.90 Å². The summed E-state index contributed by atoms with van der Waals surface area (Å²) < 4.78 is 0. The van der Waals surface area contributed by atoms with E-state index in [2.05, 4.69) is 56.1 Å². The zero-order chi connectivity index (χ0) is 22.7. The maximum atomic E-state index is 12.2. The first-order chi connectivity index (χ1) is 15.3. The van der Waals surface area contributed by atoms with Gasteiger partial charge in [0.2, 0.25) is 0 Å². The van der Waals surface area contributed by atoms with Crippen molar-refractivity contribution in [2.45, 2.75) is 69.8 Å². The molecule has 168 valence electrons. The summed E-state index contributed by atoms with van der Waals surface area (Å²) in [6.07, 6.45) is 15.0. The minimum absolute atomic E-state index is 0.243. The molecule has 5 atom stereocenters. The predicted molar refractivity (Wildman–Crippen MR) is 129 cm³/mol. The van der Waals surface area contributed by atoms with E-state index in [1.54, 1.807) is 5.57 Å². The number of allylic oxidation sites excluding steroid dienone is 4. The van der Waals surface area contributed by atoms with E-state index in [9.17, 15) is 9.90 Å². The monoisotopic (exact) mass is 429 g/mol. The van der Waals surface area contributed by atoms with E-state index >= 15 is 0 Å². The first-order valence-corrected chi connectivity index (χ1v) is 12.3. The highest BCUT2D eigenvalue weighted by Gasteiger charge is 2.63. The molecule has 2 saturated carbocycles. The van der Waals surface area contributed by atoms with Crippen LogP contribution in [0.4, 0.5) is 5.69 Å². The third-order valence-electron chi connectivity index (χ3n) is 9.28. The number of hydrogen-bond acceptors (Lipinski definition) is 3. The number of rotatable bonds is 3. The summed E-state index contributed by atoms with van der Waals surface area (Å²) in [6.45, 7) is 2.22. The summed E-state index contributed by atoms with van der Waals surface area (Å²) >= 11 is 0. The second-order valence-electron chi connectivity index (χ2n) is 10.6. The van der Waals surface area contributed by atoms with Crippen molar-refractivity contribution >= 4 is 11.5 Å². The van der Waals surface area contributed by atoms with Gasteiger partial charge in [0.15, 0.2) is 5.78 Å². The number of carbonyl (C=O) groups is 1. The summed E-state index contributed by atoms with van der Waals surface area (Å²) in [6, 6.07) is 8.94. The zero-order valence-corrected chi connectivity index (χ0v) is 19.7. The molecule has 0 heterocycles. The topological polar surface area (TPSA) is 40.5 Å². The van der Waals surface area contributed by atoms with Gasteiger partial charge in [0.1, 0.15) is 5.60 Å². The predicted octanol–water partition coefficient (Wildman–Crippen LogP) is 5.41. The van der Waals surface area contributed by atoms with Gasteiger partial charge < -0.3 is 10.0 Å². The number of benzene rings is 1. The number of nitrogens with zero attached hydrogens (tertiary/aromatic N) is 1. The molecule has 0 aromatic heterocycles. The maximum Gasteiger partial charge on any atom is 0.156 e. The molecule has 0 spiro atoms. The Kier molecular flexibility index (Phi) is 5.13. The van der Waals surface area contributed by atoms with E-state index in [0.29, 0.717) is 24.7 Å². The van der Waals surface area contributed by atoms with Crippen molar-refractivity contribution in [1.29, 1.82) is 0 Å². The lowest BCUT2D eigenvalue weighted by molar-refractivity contribution is -0.114. The minimum atomic E-state index is -1.02. The first-order valence-electron chi connectivity index (χ1n) is 12.3. The van der Waals surface area contributed by atoms with Crippen molar-refractivity contribution in [3.8, 4) is 12.3 Å². The van der Waals surface area contributed by atoms with Crippen molar-refractivity contribution in [3.05, 3.63) is 52.6 Å². The summed E-state index contributed by atoms with van der Waals surface area (Å²) in [5, 5.41) is 11.7. The molecular formula is C29H35NO2. The molecule has 5 rings (SSSR count). The smallest absolute Gasteiger partial charge is 0.156 e. The Morgan fingerprint density at radius 2 is 1.91 bits per heavy atom. The molecule has 0 unspecified atom stereocenters. The zero-order valence-electron chi connectivity index (χ0n) is 19.7. The average Bonchev–Trinajstić information content (AvgIpc) is 3.11. The summed E-state index contributed by atoms with van der Waals surface area (Å²) in [7, 11) is 4.13. The molecule has 1 aromatic rings. The van der Waals surface area contributed by atoms with Crippen molar-refractivity contribution in [2.75, 3.05) is 19.0 Å². The number of terminal acetylenes is 1. The van der Waals surface area contributed by atoms with Crippen molar-refractivity contribution < 1.29 is 9.90 Å². The lowest BCUT2D eigenvalue weighted by Gasteiger charge is -2.55. The largest absolute Gasteiger partial charge is 0.378 e. The van der Waals surface area contributed by atoms with Crippen LogP contribution in [-0.2, 0) is 4.79 Å². The fourth-order valence-electron chi connectivity index (χ4n) is 7.69. The third-order valence-corrected chi connectivity index (χ3v) is 9.28. The van der Waals surface area contributed by atoms with E-state index in [4.69, 9.17) is 6.42 Å². The van der Waals surface area contributed by atoms with Crippen LogP contribution in [-0.4, -0.2) is 30.6 Å². The van der Waals surface area contributed by atoms with Crippen LogP contribution in [0.3, 0.4) is 0 Å². The molecule has 3 heteroatoms. The van der Waals surface area contributed by atoms with Crippen molar-refractivity contribution in [1.82, 2.24) is 0 Å². The maximum absolute atomic E-state index is 12.2. The molecule has 1 N–H and O–H groups in total. The quantitative estimate of drug-likeness (QED) is 0.654. The minimum Gasteiger partial charge on any atom is -0.378 e. The lowest BCUT2D eigenvalue weighted by atomic mass is 9.50. The molecule has 4 aliphatic carbocycles. The van der Waals surface area contributed by atoms with Gasteiger partial charge >= 0.3 is 0 Å². The third kappa shape index (κ3) is 2.96. The molecule has 0 amide bonds. The number of fused-ring (bicyclic) bond motifs is 4. The molecule has 2 fully saturated rings. The number of aliphatic hydroxyl groups is 1. The van der Waals surface area contributed by atoms with Gasteiger partial charge in [-0.3, -0.25) is 4.79 Å². The van der Waals surface area contributed by atoms with Gasteiger partial charge in [0, 0.05) is 37.5 Å². The van der Waals surface area contributed by atoms with Gasteiger partial charge in [-0.25, -0.2) is 0 Å². The van der Waals surface area contributed by atoms with Crippen LogP contribution in [0.5, 0.6) is 0 Å². The molecular weight excluding hydrogens is 394 g/mol. The number of hydrogen-bond donors (Lipinski definition) is 1.